The summed E-state index contributed by atoms with van der Waals surface area (Å²) in [6.07, 6.45) is 0.431. The highest BCUT2D eigenvalue weighted by Gasteiger charge is 2.26. The van der Waals surface area contributed by atoms with Crippen molar-refractivity contribution in [2.45, 2.75) is 6.42 Å². The van der Waals surface area contributed by atoms with E-state index < -0.39 is 7.67 Å². The third-order valence-corrected chi connectivity index (χ3v) is 3.86. The van der Waals surface area contributed by atoms with E-state index in [4.69, 9.17) is 28.3 Å². The second kappa shape index (κ2) is 8.76. The smallest absolute Gasteiger partial charge is 0.340 e. The number of alkyl halides is 2. The molecule has 0 aromatic carbocycles. The average Bonchev–Trinajstić information content (AvgIpc) is 2.18. The first kappa shape index (κ1) is 15.7. The third kappa shape index (κ3) is 6.74. The molecule has 0 aromatic rings. The molecule has 1 unspecified atom stereocenters. The molecule has 5 nitrogen and oxygen atoms in total. The lowest BCUT2D eigenvalue weighted by Crippen LogP contribution is -2.31. The predicted octanol–water partition coefficient (Wildman–Crippen LogP) is 0.838. The van der Waals surface area contributed by atoms with E-state index in [1.54, 1.807) is 0 Å². The summed E-state index contributed by atoms with van der Waals surface area (Å²) in [5.41, 5.74) is 0. The van der Waals surface area contributed by atoms with Crippen LogP contribution >= 0.6 is 30.9 Å². The van der Waals surface area contributed by atoms with Crippen molar-refractivity contribution in [3.05, 3.63) is 0 Å². The van der Waals surface area contributed by atoms with Crippen LogP contribution in [-0.4, -0.2) is 52.7 Å². The monoisotopic (exact) mass is 278 g/mol. The third-order valence-electron chi connectivity index (χ3n) is 1.72. The molecule has 15 heavy (non-hydrogen) atoms. The summed E-state index contributed by atoms with van der Waals surface area (Å²) in [5, 5.41) is 11.0. The van der Waals surface area contributed by atoms with Gasteiger partial charge in [0.15, 0.2) is 0 Å². The number of aliphatic hydroxyl groups is 1. The average molecular weight is 279 g/mol. The van der Waals surface area contributed by atoms with Gasteiger partial charge in [-0.3, -0.25) is 4.57 Å². The number of nitrogens with zero attached hydrogens (tertiary/aromatic N) is 1. The molecule has 0 aromatic heterocycles. The number of hydrogen-bond donors (Lipinski definition) is 3. The first-order chi connectivity index (χ1) is 7.08. The Balaban J connectivity index is 4.15. The standard InChI is InChI=1S/C7H17Cl2N2O3P/c8-2-5-11(6-3-9)15(13,14)10-4-1-7-12/h12H,1-7H2,(H2,10,13,14). The van der Waals surface area contributed by atoms with Crippen LogP contribution in [0.3, 0.4) is 0 Å². The molecule has 1 atom stereocenters. The molecule has 92 valence electrons. The van der Waals surface area contributed by atoms with Gasteiger partial charge in [0.25, 0.3) is 0 Å². The zero-order valence-corrected chi connectivity index (χ0v) is 10.8. The van der Waals surface area contributed by atoms with Crippen LogP contribution in [-0.2, 0) is 4.57 Å². The molecule has 0 rings (SSSR count). The molecule has 0 radical (unpaired) electrons. The van der Waals surface area contributed by atoms with Gasteiger partial charge in [-0.25, -0.2) is 9.76 Å². The van der Waals surface area contributed by atoms with E-state index in [2.05, 4.69) is 5.09 Å². The van der Waals surface area contributed by atoms with Gasteiger partial charge in [0.05, 0.1) is 0 Å². The van der Waals surface area contributed by atoms with Gasteiger partial charge in [-0.15, -0.1) is 23.2 Å². The molecule has 0 saturated carbocycles. The molecular formula is C7H17Cl2N2O3P. The van der Waals surface area contributed by atoms with E-state index in [0.717, 1.165) is 0 Å². The molecular weight excluding hydrogens is 262 g/mol. The quantitative estimate of drug-likeness (QED) is 0.331. The Morgan fingerprint density at radius 2 is 1.80 bits per heavy atom. The van der Waals surface area contributed by atoms with Crippen molar-refractivity contribution in [1.82, 2.24) is 9.76 Å². The highest BCUT2D eigenvalue weighted by atomic mass is 35.5. The lowest BCUT2D eigenvalue weighted by Gasteiger charge is -2.26. The van der Waals surface area contributed by atoms with E-state index in [9.17, 15) is 9.46 Å². The topological polar surface area (TPSA) is 72.8 Å². The van der Waals surface area contributed by atoms with Crippen molar-refractivity contribution in [3.8, 4) is 0 Å². The summed E-state index contributed by atoms with van der Waals surface area (Å²) in [4.78, 5) is 9.63. The number of nitrogens with one attached hydrogen (secondary N) is 1. The fourth-order valence-electron chi connectivity index (χ4n) is 0.982. The minimum Gasteiger partial charge on any atom is -0.396 e. The van der Waals surface area contributed by atoms with E-state index in [-0.39, 0.29) is 24.9 Å². The van der Waals surface area contributed by atoms with E-state index in [1.807, 2.05) is 0 Å². The van der Waals surface area contributed by atoms with Crippen molar-refractivity contribution in [1.29, 1.82) is 0 Å². The minimum absolute atomic E-state index is 0.0159. The van der Waals surface area contributed by atoms with Gasteiger partial charge in [0.1, 0.15) is 0 Å². The number of hydrogen-bond acceptors (Lipinski definition) is 2. The SMILES string of the molecule is O=P(O)(NCCCO)N(CCCl)CCCl. The maximum Gasteiger partial charge on any atom is 0.340 e. The van der Waals surface area contributed by atoms with Crippen molar-refractivity contribution in [2.75, 3.05) is 38.0 Å². The second-order valence-corrected chi connectivity index (χ2v) is 5.59. The van der Waals surface area contributed by atoms with Crippen LogP contribution in [0.5, 0.6) is 0 Å². The van der Waals surface area contributed by atoms with Crippen LogP contribution in [0.25, 0.3) is 0 Å². The van der Waals surface area contributed by atoms with Crippen LogP contribution in [0.4, 0.5) is 0 Å². The molecule has 0 saturated heterocycles. The van der Waals surface area contributed by atoms with Gasteiger partial charge in [-0.1, -0.05) is 0 Å². The van der Waals surface area contributed by atoms with E-state index in [0.29, 0.717) is 19.5 Å². The summed E-state index contributed by atoms with van der Waals surface area (Å²) >= 11 is 11.0. The van der Waals surface area contributed by atoms with Crippen LogP contribution in [0.1, 0.15) is 6.42 Å². The summed E-state index contributed by atoms with van der Waals surface area (Å²) < 4.78 is 13.1. The molecule has 3 N–H and O–H groups in total. The van der Waals surface area contributed by atoms with Gasteiger partial charge in [-0.2, -0.15) is 0 Å². The zero-order valence-electron chi connectivity index (χ0n) is 8.40. The Kier molecular flexibility index (Phi) is 9.14. The van der Waals surface area contributed by atoms with Gasteiger partial charge < -0.3 is 10.00 Å². The maximum absolute atomic E-state index is 11.7. The fraction of sp³-hybridized carbons (Fsp3) is 1.00. The number of rotatable bonds is 9. The van der Waals surface area contributed by atoms with E-state index >= 15 is 0 Å². The van der Waals surface area contributed by atoms with Crippen LogP contribution < -0.4 is 5.09 Å². The maximum atomic E-state index is 11.7. The van der Waals surface area contributed by atoms with Crippen molar-refractivity contribution in [2.24, 2.45) is 0 Å². The Hall–Kier alpha value is 0.650. The Bertz CT molecular complexity index is 203. The second-order valence-electron chi connectivity index (χ2n) is 2.86. The van der Waals surface area contributed by atoms with Gasteiger partial charge in [-0.05, 0) is 6.42 Å². The van der Waals surface area contributed by atoms with Crippen molar-refractivity contribution >= 4 is 30.9 Å². The predicted molar refractivity (Wildman–Crippen MR) is 62.5 cm³/mol. The van der Waals surface area contributed by atoms with E-state index in [1.165, 1.54) is 4.67 Å². The molecule has 0 heterocycles. The summed E-state index contributed by atoms with van der Waals surface area (Å²) in [5.74, 6) is 0.534. The molecule has 8 heteroatoms. The van der Waals surface area contributed by atoms with Crippen molar-refractivity contribution < 1.29 is 14.6 Å². The first-order valence-corrected chi connectivity index (χ1v) is 7.32. The zero-order chi connectivity index (χ0) is 11.7. The molecule has 0 amide bonds. The molecule has 0 bridgehead atoms. The first-order valence-electron chi connectivity index (χ1n) is 4.64. The van der Waals surface area contributed by atoms with Crippen LogP contribution in [0.2, 0.25) is 0 Å². The lowest BCUT2D eigenvalue weighted by molar-refractivity contribution is 0.286. The molecule has 0 spiro atoms. The summed E-state index contributed by atoms with van der Waals surface area (Å²) in [7, 11) is -3.56. The highest BCUT2D eigenvalue weighted by Crippen LogP contribution is 2.39. The Labute approximate surface area is 99.9 Å². The number of aliphatic hydroxyl groups excluding tert-OH is 1. The summed E-state index contributed by atoms with van der Waals surface area (Å²) in [6.45, 7) is 0.867. The molecule has 0 aliphatic rings. The Morgan fingerprint density at radius 3 is 2.20 bits per heavy atom. The molecule has 0 aliphatic heterocycles. The molecule has 0 fully saturated rings. The highest BCUT2D eigenvalue weighted by molar-refractivity contribution is 7.53. The normalized spacial score (nSPS) is 15.5. The van der Waals surface area contributed by atoms with Crippen LogP contribution in [0.15, 0.2) is 0 Å². The van der Waals surface area contributed by atoms with Gasteiger partial charge in [0, 0.05) is 38.0 Å². The summed E-state index contributed by atoms with van der Waals surface area (Å²) in [6, 6.07) is 0. The minimum atomic E-state index is -3.56. The van der Waals surface area contributed by atoms with Crippen molar-refractivity contribution in [3.63, 3.8) is 0 Å². The number of halogens is 2. The van der Waals surface area contributed by atoms with Gasteiger partial charge >= 0.3 is 7.67 Å². The fourth-order valence-corrected chi connectivity index (χ4v) is 3.02. The van der Waals surface area contributed by atoms with Crippen LogP contribution in [0, 0.1) is 0 Å². The van der Waals surface area contributed by atoms with Gasteiger partial charge in [0.2, 0.25) is 0 Å². The molecule has 0 aliphatic carbocycles. The Morgan fingerprint density at radius 1 is 1.27 bits per heavy atom. The largest absolute Gasteiger partial charge is 0.396 e. The lowest BCUT2D eigenvalue weighted by atomic mass is 10.5.